The van der Waals surface area contributed by atoms with Crippen molar-refractivity contribution >= 4 is 32.8 Å². The van der Waals surface area contributed by atoms with Gasteiger partial charge in [0.1, 0.15) is 6.54 Å². The Hall–Kier alpha value is -3.11. The van der Waals surface area contributed by atoms with Gasteiger partial charge in [-0.15, -0.1) is 0 Å². The number of piperazine rings is 1. The average Bonchev–Trinajstić information content (AvgIpc) is 3.10. The number of nitrogens with zero attached hydrogens (tertiary/aromatic N) is 3. The van der Waals surface area contributed by atoms with Crippen LogP contribution in [0.5, 0.6) is 0 Å². The van der Waals surface area contributed by atoms with E-state index in [2.05, 4.69) is 30.0 Å². The maximum atomic E-state index is 13.3. The summed E-state index contributed by atoms with van der Waals surface area (Å²) in [5, 5.41) is 0. The highest BCUT2D eigenvalue weighted by atomic mass is 32.2. The molecule has 0 atom stereocenters. The maximum absolute atomic E-state index is 13.3. The summed E-state index contributed by atoms with van der Waals surface area (Å²) < 4.78 is 39.2. The van der Waals surface area contributed by atoms with Gasteiger partial charge in [0.25, 0.3) is 0 Å². The molecular weight excluding hydrogens is 446 g/mol. The number of sulfonamides is 1. The van der Waals surface area contributed by atoms with Crippen LogP contribution < -0.4 is 10.7 Å². The molecule has 0 bridgehead atoms. The highest BCUT2D eigenvalue weighted by molar-refractivity contribution is 7.89. The zero-order valence-corrected chi connectivity index (χ0v) is 19.7. The molecule has 1 saturated heterocycles. The number of carbonyl (C=O) groups is 1. The van der Waals surface area contributed by atoms with Crippen LogP contribution in [0.15, 0.2) is 50.5 Å². The van der Waals surface area contributed by atoms with Gasteiger partial charge in [0.2, 0.25) is 10.0 Å². The second-order valence-electron chi connectivity index (χ2n) is 8.07. The number of rotatable bonds is 6. The minimum atomic E-state index is -3.77. The first-order valence-electron chi connectivity index (χ1n) is 10.8. The lowest BCUT2D eigenvalue weighted by Crippen LogP contribution is -2.48. The Labute approximate surface area is 192 Å². The van der Waals surface area contributed by atoms with Gasteiger partial charge in [-0.2, -0.15) is 4.31 Å². The average molecular weight is 474 g/mol. The summed E-state index contributed by atoms with van der Waals surface area (Å²) in [4.78, 5) is 26.2. The third-order valence-corrected chi connectivity index (χ3v) is 7.71. The molecule has 0 radical (unpaired) electrons. The number of ether oxygens (including phenoxy) is 1. The Kier molecular flexibility index (Phi) is 6.31. The number of hydrogen-bond donors (Lipinski definition) is 0. The summed E-state index contributed by atoms with van der Waals surface area (Å²) in [5.41, 5.74) is 3.89. The maximum Gasteiger partial charge on any atom is 0.420 e. The van der Waals surface area contributed by atoms with E-state index in [1.54, 1.807) is 6.92 Å². The van der Waals surface area contributed by atoms with Crippen molar-refractivity contribution in [3.8, 4) is 0 Å². The molecule has 0 N–H and O–H groups in total. The Balaban J connectivity index is 1.54. The first-order valence-corrected chi connectivity index (χ1v) is 12.3. The largest absolute Gasteiger partial charge is 0.465 e. The number of benzene rings is 2. The van der Waals surface area contributed by atoms with Gasteiger partial charge in [-0.05, 0) is 50.1 Å². The monoisotopic (exact) mass is 473 g/mol. The molecule has 0 amide bonds. The van der Waals surface area contributed by atoms with Gasteiger partial charge in [0.05, 0.1) is 17.0 Å². The van der Waals surface area contributed by atoms with Crippen LogP contribution >= 0.6 is 0 Å². The second kappa shape index (κ2) is 9.03. The molecule has 33 heavy (non-hydrogen) atoms. The molecule has 1 aliphatic heterocycles. The van der Waals surface area contributed by atoms with Gasteiger partial charge in [0.15, 0.2) is 5.58 Å². The number of anilines is 1. The van der Waals surface area contributed by atoms with E-state index >= 15 is 0 Å². The van der Waals surface area contributed by atoms with Crippen molar-refractivity contribution < 1.29 is 22.4 Å². The minimum Gasteiger partial charge on any atom is -0.465 e. The zero-order valence-electron chi connectivity index (χ0n) is 18.9. The van der Waals surface area contributed by atoms with Crippen molar-refractivity contribution in [2.75, 3.05) is 37.7 Å². The van der Waals surface area contributed by atoms with Crippen LogP contribution in [0.3, 0.4) is 0 Å². The second-order valence-corrected chi connectivity index (χ2v) is 10.0. The van der Waals surface area contributed by atoms with Crippen molar-refractivity contribution in [3.63, 3.8) is 0 Å². The fraction of sp³-hybridized carbons (Fsp3) is 0.391. The molecule has 10 heteroatoms. The van der Waals surface area contributed by atoms with E-state index < -0.39 is 21.7 Å². The van der Waals surface area contributed by atoms with Gasteiger partial charge in [-0.3, -0.25) is 9.36 Å². The van der Waals surface area contributed by atoms with E-state index in [4.69, 9.17) is 9.15 Å². The smallest absolute Gasteiger partial charge is 0.420 e. The number of fused-ring (bicyclic) bond motifs is 1. The summed E-state index contributed by atoms with van der Waals surface area (Å²) >= 11 is 0. The van der Waals surface area contributed by atoms with Gasteiger partial charge in [-0.25, -0.2) is 13.2 Å². The molecule has 3 aromatic rings. The van der Waals surface area contributed by atoms with E-state index in [1.807, 2.05) is 6.92 Å². The number of carbonyl (C=O) groups excluding carboxylic acids is 1. The van der Waals surface area contributed by atoms with Crippen LogP contribution in [0.25, 0.3) is 11.1 Å². The Morgan fingerprint density at radius 1 is 1.06 bits per heavy atom. The predicted octanol–water partition coefficient (Wildman–Crippen LogP) is 2.29. The molecule has 2 aromatic carbocycles. The number of hydrogen-bond acceptors (Lipinski definition) is 7. The lowest BCUT2D eigenvalue weighted by molar-refractivity contribution is -0.143. The van der Waals surface area contributed by atoms with Crippen molar-refractivity contribution in [1.29, 1.82) is 0 Å². The zero-order chi connectivity index (χ0) is 23.8. The molecule has 9 nitrogen and oxygen atoms in total. The van der Waals surface area contributed by atoms with E-state index in [1.165, 1.54) is 22.5 Å². The summed E-state index contributed by atoms with van der Waals surface area (Å²) in [6, 6.07) is 10.5. The molecule has 0 unspecified atom stereocenters. The van der Waals surface area contributed by atoms with Gasteiger partial charge < -0.3 is 14.1 Å². The number of aryl methyl sites for hydroxylation is 2. The van der Waals surface area contributed by atoms with Gasteiger partial charge in [-0.1, -0.05) is 12.1 Å². The highest BCUT2D eigenvalue weighted by Gasteiger charge is 2.30. The Morgan fingerprint density at radius 2 is 1.79 bits per heavy atom. The van der Waals surface area contributed by atoms with Crippen LogP contribution in [0.4, 0.5) is 5.69 Å². The summed E-state index contributed by atoms with van der Waals surface area (Å²) in [6.45, 7) is 7.52. The third-order valence-electron chi connectivity index (χ3n) is 5.81. The first-order chi connectivity index (χ1) is 15.7. The number of aromatic nitrogens is 1. The standard InChI is InChI=1S/C23H27N3O6S/c1-4-31-22(27)15-26-19-8-7-18(14-21(19)32-23(26)28)33(29,30)25-11-9-24(10-12-25)20-13-16(2)5-6-17(20)3/h5-8,13-14H,4,9-12,15H2,1-3H3. The van der Waals surface area contributed by atoms with Crippen molar-refractivity contribution in [2.45, 2.75) is 32.2 Å². The molecule has 1 aliphatic rings. The van der Waals surface area contributed by atoms with E-state index in [-0.39, 0.29) is 23.6 Å². The SMILES string of the molecule is CCOC(=O)Cn1c(=O)oc2cc(S(=O)(=O)N3CCN(c4cc(C)ccc4C)CC3)ccc21. The topological polar surface area (TPSA) is 102 Å². The lowest BCUT2D eigenvalue weighted by atomic mass is 10.1. The van der Waals surface area contributed by atoms with E-state index in [9.17, 15) is 18.0 Å². The number of oxazole rings is 1. The fourth-order valence-corrected chi connectivity index (χ4v) is 5.51. The van der Waals surface area contributed by atoms with Gasteiger partial charge in [0, 0.05) is 37.9 Å². The van der Waals surface area contributed by atoms with Crippen molar-refractivity contribution in [2.24, 2.45) is 0 Å². The highest BCUT2D eigenvalue weighted by Crippen LogP contribution is 2.26. The van der Waals surface area contributed by atoms with Crippen LogP contribution in [-0.4, -0.2) is 56.0 Å². The summed E-state index contributed by atoms with van der Waals surface area (Å²) in [7, 11) is -3.77. The Morgan fingerprint density at radius 3 is 2.48 bits per heavy atom. The summed E-state index contributed by atoms with van der Waals surface area (Å²) in [6.07, 6.45) is 0. The molecule has 2 heterocycles. The van der Waals surface area contributed by atoms with Crippen LogP contribution in [0, 0.1) is 13.8 Å². The predicted molar refractivity (Wildman–Crippen MR) is 124 cm³/mol. The summed E-state index contributed by atoms with van der Waals surface area (Å²) in [5.74, 6) is -1.31. The third kappa shape index (κ3) is 4.53. The lowest BCUT2D eigenvalue weighted by Gasteiger charge is -2.36. The van der Waals surface area contributed by atoms with Crippen molar-refractivity contribution in [1.82, 2.24) is 8.87 Å². The minimum absolute atomic E-state index is 0.0484. The van der Waals surface area contributed by atoms with E-state index in [0.29, 0.717) is 31.7 Å². The molecule has 0 saturated carbocycles. The van der Waals surface area contributed by atoms with Crippen LogP contribution in [0.1, 0.15) is 18.1 Å². The first kappa shape index (κ1) is 23.1. The van der Waals surface area contributed by atoms with Crippen molar-refractivity contribution in [3.05, 3.63) is 58.1 Å². The fourth-order valence-electron chi connectivity index (χ4n) is 4.07. The molecule has 176 valence electrons. The molecule has 0 aliphatic carbocycles. The molecule has 0 spiro atoms. The number of esters is 1. The van der Waals surface area contributed by atoms with Crippen LogP contribution in [0.2, 0.25) is 0 Å². The molecular formula is C23H27N3O6S. The van der Waals surface area contributed by atoms with Crippen LogP contribution in [-0.2, 0) is 26.1 Å². The Bertz CT molecular complexity index is 1350. The van der Waals surface area contributed by atoms with Gasteiger partial charge >= 0.3 is 11.7 Å². The molecule has 4 rings (SSSR count). The quantitative estimate of drug-likeness (QED) is 0.506. The molecule has 1 aromatic heterocycles. The van der Waals surface area contributed by atoms with E-state index in [0.717, 1.165) is 21.4 Å². The molecule has 1 fully saturated rings. The normalized spacial score (nSPS) is 15.2.